The summed E-state index contributed by atoms with van der Waals surface area (Å²) in [5, 5.41) is 0. The Morgan fingerprint density at radius 2 is 1.68 bits per heavy atom. The average molecular weight is 562 g/mol. The molecule has 0 saturated carbocycles. The molecule has 5 rings (SSSR count). The number of imide groups is 1. The van der Waals surface area contributed by atoms with Crippen LogP contribution >= 0.6 is 0 Å². The maximum atomic E-state index is 15.0. The van der Waals surface area contributed by atoms with Gasteiger partial charge in [-0.3, -0.25) is 9.69 Å². The largest absolute Gasteiger partial charge is 0.443 e. The van der Waals surface area contributed by atoms with Gasteiger partial charge in [0.25, 0.3) is 5.91 Å². The number of hydrogen-bond acceptors (Lipinski definition) is 9. The summed E-state index contributed by atoms with van der Waals surface area (Å²) in [7, 11) is 0. The smallest absolute Gasteiger partial charge is 0.417 e. The van der Waals surface area contributed by atoms with Crippen LogP contribution in [0.5, 0.6) is 0 Å². The van der Waals surface area contributed by atoms with Gasteiger partial charge in [0, 0.05) is 62.6 Å². The summed E-state index contributed by atoms with van der Waals surface area (Å²) in [4.78, 5) is 44.2. The first-order valence-electron chi connectivity index (χ1n) is 13.9. The van der Waals surface area contributed by atoms with Crippen LogP contribution in [-0.2, 0) is 11.2 Å². The molecule has 2 N–H and O–H groups in total. The van der Waals surface area contributed by atoms with Crippen LogP contribution in [0.3, 0.4) is 0 Å². The van der Waals surface area contributed by atoms with Gasteiger partial charge in [-0.25, -0.2) is 24.6 Å². The normalized spacial score (nSPS) is 16.2. The number of nitrogen functional groups attached to an aromatic ring is 1. The first kappa shape index (κ1) is 28.4. The van der Waals surface area contributed by atoms with Crippen molar-refractivity contribution in [2.75, 3.05) is 43.4 Å². The molecule has 0 radical (unpaired) electrons. The fourth-order valence-electron chi connectivity index (χ4n) is 5.11. The summed E-state index contributed by atoms with van der Waals surface area (Å²) in [6.45, 7) is 13.6. The molecule has 1 saturated heterocycles. The van der Waals surface area contributed by atoms with Crippen molar-refractivity contribution >= 4 is 23.5 Å². The third-order valence-electron chi connectivity index (χ3n) is 7.36. The Morgan fingerprint density at radius 3 is 2.32 bits per heavy atom. The lowest BCUT2D eigenvalue weighted by molar-refractivity contribution is 0.0232. The lowest BCUT2D eigenvalue weighted by atomic mass is 10.0. The molecule has 41 heavy (non-hydrogen) atoms. The van der Waals surface area contributed by atoms with E-state index in [1.165, 1.54) is 6.20 Å². The monoisotopic (exact) mass is 561 g/mol. The predicted octanol–water partition coefficient (Wildman–Crippen LogP) is 4.39. The number of nitrogens with zero attached hydrogens (tertiary/aromatic N) is 6. The first-order chi connectivity index (χ1) is 19.4. The Bertz CT molecular complexity index is 1460. The molecular weight excluding hydrogens is 525 g/mol. The van der Waals surface area contributed by atoms with Gasteiger partial charge in [0.15, 0.2) is 5.82 Å². The highest BCUT2D eigenvalue weighted by Crippen LogP contribution is 2.32. The summed E-state index contributed by atoms with van der Waals surface area (Å²) in [6.07, 6.45) is 0.981. The van der Waals surface area contributed by atoms with Crippen LogP contribution in [0.4, 0.5) is 20.7 Å². The van der Waals surface area contributed by atoms with E-state index in [0.29, 0.717) is 29.3 Å². The summed E-state index contributed by atoms with van der Waals surface area (Å²) >= 11 is 0. The molecule has 2 amide bonds. The van der Waals surface area contributed by atoms with Gasteiger partial charge < -0.3 is 15.4 Å². The summed E-state index contributed by atoms with van der Waals surface area (Å²) in [6, 6.07) is 9.86. The van der Waals surface area contributed by atoms with Crippen LogP contribution in [0.25, 0.3) is 22.5 Å². The molecular formula is C30H36FN7O3. The molecule has 0 aliphatic carbocycles. The van der Waals surface area contributed by atoms with Gasteiger partial charge in [0.05, 0.1) is 16.8 Å². The first-order valence-corrected chi connectivity index (χ1v) is 13.9. The summed E-state index contributed by atoms with van der Waals surface area (Å²) < 4.78 is 20.4. The number of benzene rings is 1. The second kappa shape index (κ2) is 11.0. The molecule has 2 aromatic heterocycles. The molecule has 0 atom stereocenters. The van der Waals surface area contributed by atoms with Gasteiger partial charge in [0.2, 0.25) is 5.95 Å². The molecule has 3 aromatic rings. The van der Waals surface area contributed by atoms with Crippen molar-refractivity contribution in [1.82, 2.24) is 24.8 Å². The van der Waals surface area contributed by atoms with Crippen molar-refractivity contribution in [3.8, 4) is 22.5 Å². The number of rotatable bonds is 4. The van der Waals surface area contributed by atoms with E-state index in [-0.39, 0.29) is 29.3 Å². The molecule has 10 nitrogen and oxygen atoms in total. The number of halogens is 1. The number of anilines is 2. The van der Waals surface area contributed by atoms with Crippen LogP contribution < -0.4 is 10.6 Å². The number of hydrogen-bond donors (Lipinski definition) is 1. The maximum absolute atomic E-state index is 15.0. The zero-order valence-corrected chi connectivity index (χ0v) is 24.1. The van der Waals surface area contributed by atoms with Crippen molar-refractivity contribution in [2.24, 2.45) is 0 Å². The highest BCUT2D eigenvalue weighted by Gasteiger charge is 2.34. The van der Waals surface area contributed by atoms with Gasteiger partial charge in [-0.05, 0) is 58.4 Å². The number of pyridine rings is 1. The average Bonchev–Trinajstić information content (AvgIpc) is 2.92. The van der Waals surface area contributed by atoms with Gasteiger partial charge in [-0.2, -0.15) is 4.39 Å². The van der Waals surface area contributed by atoms with Crippen LogP contribution in [0.2, 0.25) is 0 Å². The van der Waals surface area contributed by atoms with Crippen molar-refractivity contribution < 1.29 is 18.7 Å². The number of nitrogens with two attached hydrogens (primary N) is 1. The predicted molar refractivity (Wildman–Crippen MR) is 155 cm³/mol. The number of aromatic nitrogens is 3. The lowest BCUT2D eigenvalue weighted by Crippen LogP contribution is -2.48. The van der Waals surface area contributed by atoms with Gasteiger partial charge in [-0.15, -0.1) is 0 Å². The SMILES string of the molecule is CC(C)N1CCN(c2ccc(-c3cc(-c4ncc5c(n4)CCN(C(=O)OC(C)(C)C)C5=O)c(N)nc3F)cc2)CC1. The Hall–Kier alpha value is -4.12. The second-order valence-corrected chi connectivity index (χ2v) is 11.7. The quantitative estimate of drug-likeness (QED) is 0.463. The Labute approximate surface area is 239 Å². The van der Waals surface area contributed by atoms with E-state index < -0.39 is 23.5 Å². The van der Waals surface area contributed by atoms with E-state index in [4.69, 9.17) is 10.5 Å². The highest BCUT2D eigenvalue weighted by molar-refractivity contribution is 6.04. The zero-order chi connectivity index (χ0) is 29.5. The molecule has 1 aromatic carbocycles. The van der Waals surface area contributed by atoms with E-state index in [9.17, 15) is 9.59 Å². The number of fused-ring (bicyclic) bond motifs is 1. The second-order valence-electron chi connectivity index (χ2n) is 11.7. The van der Waals surface area contributed by atoms with Crippen molar-refractivity contribution in [3.63, 3.8) is 0 Å². The molecule has 1 fully saturated rings. The zero-order valence-electron chi connectivity index (χ0n) is 24.1. The molecule has 11 heteroatoms. The number of piperazine rings is 1. The van der Waals surface area contributed by atoms with Crippen LogP contribution in [0, 0.1) is 5.95 Å². The molecule has 2 aliphatic heterocycles. The standard InChI is InChI=1S/C30H36FN7O3/c1-18(2)36-12-14-37(15-13-36)20-8-6-19(7-9-20)21-16-22(26(32)35-25(21)31)27-33-17-23-24(34-27)10-11-38(28(23)39)29(40)41-30(3,4)5/h6-9,16-18H,10-15H2,1-5H3,(H2,32,35). The van der Waals surface area contributed by atoms with Crippen molar-refractivity contribution in [3.05, 3.63) is 53.7 Å². The third-order valence-corrected chi connectivity index (χ3v) is 7.36. The maximum Gasteiger partial charge on any atom is 0.417 e. The third kappa shape index (κ3) is 6.00. The van der Waals surface area contributed by atoms with Crippen LogP contribution in [-0.4, -0.2) is 81.1 Å². The number of amides is 2. The molecule has 4 heterocycles. The molecule has 0 spiro atoms. The van der Waals surface area contributed by atoms with Crippen molar-refractivity contribution in [2.45, 2.75) is 52.7 Å². The van der Waals surface area contributed by atoms with Crippen LogP contribution in [0.1, 0.15) is 50.7 Å². The highest BCUT2D eigenvalue weighted by atomic mass is 19.1. The number of ether oxygens (including phenoxy) is 1. The van der Waals surface area contributed by atoms with Gasteiger partial charge in [0.1, 0.15) is 11.4 Å². The Balaban J connectivity index is 1.37. The fraction of sp³-hybridized carbons (Fsp3) is 0.433. The summed E-state index contributed by atoms with van der Waals surface area (Å²) in [5.41, 5.74) is 8.44. The number of carbonyl (C=O) groups excluding carboxylic acids is 2. The van der Waals surface area contributed by atoms with Gasteiger partial charge >= 0.3 is 6.09 Å². The Morgan fingerprint density at radius 1 is 1.00 bits per heavy atom. The summed E-state index contributed by atoms with van der Waals surface area (Å²) in [5.74, 6) is -1.04. The molecule has 216 valence electrons. The molecule has 0 bridgehead atoms. The van der Waals surface area contributed by atoms with E-state index >= 15 is 4.39 Å². The lowest BCUT2D eigenvalue weighted by Gasteiger charge is -2.38. The number of carbonyl (C=O) groups is 2. The molecule has 2 aliphatic rings. The van der Waals surface area contributed by atoms with Crippen LogP contribution in [0.15, 0.2) is 36.5 Å². The Kier molecular flexibility index (Phi) is 7.65. The fourth-order valence-corrected chi connectivity index (χ4v) is 5.11. The van der Waals surface area contributed by atoms with E-state index in [1.807, 2.05) is 24.3 Å². The van der Waals surface area contributed by atoms with E-state index in [1.54, 1.807) is 26.8 Å². The van der Waals surface area contributed by atoms with Gasteiger partial charge in [-0.1, -0.05) is 12.1 Å². The topological polar surface area (TPSA) is 118 Å². The van der Waals surface area contributed by atoms with E-state index in [0.717, 1.165) is 36.8 Å². The van der Waals surface area contributed by atoms with Crippen molar-refractivity contribution in [1.29, 1.82) is 0 Å². The minimum absolute atomic E-state index is 0.0524. The molecule has 0 unspecified atom stereocenters. The minimum atomic E-state index is -0.730. The minimum Gasteiger partial charge on any atom is -0.443 e. The van der Waals surface area contributed by atoms with E-state index in [2.05, 4.69) is 38.6 Å².